The monoisotopic (exact) mass is 745 g/mol. The van der Waals surface area contributed by atoms with Gasteiger partial charge in [-0.15, -0.1) is 0 Å². The lowest BCUT2D eigenvalue weighted by atomic mass is 9.84. The third kappa shape index (κ3) is 7.88. The zero-order chi connectivity index (χ0) is 38.8. The number of hydrogen-bond donors (Lipinski definition) is 2. The number of Topliss-reactive ketones (excluding diaryl/α,β-unsaturated/α-hetero) is 2. The molecule has 290 valence electrons. The van der Waals surface area contributed by atoms with Gasteiger partial charge in [-0.1, -0.05) is 26.0 Å². The number of hydrogen-bond acceptors (Lipinski definition) is 12. The van der Waals surface area contributed by atoms with Crippen molar-refractivity contribution in [3.8, 4) is 16.9 Å². The van der Waals surface area contributed by atoms with Crippen LogP contribution in [-0.4, -0.2) is 109 Å². The van der Waals surface area contributed by atoms with E-state index in [4.69, 9.17) is 18.9 Å². The molecule has 54 heavy (non-hydrogen) atoms. The van der Waals surface area contributed by atoms with Gasteiger partial charge < -0.3 is 34.3 Å². The largest absolute Gasteiger partial charge is 0.488 e. The van der Waals surface area contributed by atoms with Gasteiger partial charge in [-0.05, 0) is 106 Å². The maximum atomic E-state index is 13.8. The molecule has 3 heterocycles. The number of aryl methyl sites for hydroxylation is 1. The van der Waals surface area contributed by atoms with Gasteiger partial charge in [0.15, 0.2) is 24.4 Å². The topological polar surface area (TPSA) is 161 Å². The SMILES string of the molecule is C=C(N[C@H](C(=O)N1[C@@H](C)CC[C@H]1C(=O)OC1CCc2cc3c(cc2C1=O)OCc1cc(C(=O)COC(=O)[C@@H]2C[C@H](CCO)CN2C)ccc1-3)C(C)C)OC. The van der Waals surface area contributed by atoms with Gasteiger partial charge in [0, 0.05) is 35.9 Å². The number of ether oxygens (including phenoxy) is 4. The van der Waals surface area contributed by atoms with Crippen LogP contribution >= 0.6 is 0 Å². The Morgan fingerprint density at radius 3 is 2.52 bits per heavy atom. The van der Waals surface area contributed by atoms with E-state index in [1.807, 2.05) is 44.9 Å². The van der Waals surface area contributed by atoms with Crippen LogP contribution in [0.25, 0.3) is 11.1 Å². The van der Waals surface area contributed by atoms with Crippen LogP contribution in [0.2, 0.25) is 0 Å². The van der Waals surface area contributed by atoms with Gasteiger partial charge in [0.1, 0.15) is 30.5 Å². The number of carbonyl (C=O) groups is 5. The van der Waals surface area contributed by atoms with E-state index in [1.165, 1.54) is 7.11 Å². The summed E-state index contributed by atoms with van der Waals surface area (Å²) in [5, 5.41) is 12.3. The first-order chi connectivity index (χ1) is 25.8. The Labute approximate surface area is 315 Å². The highest BCUT2D eigenvalue weighted by atomic mass is 16.6. The number of aliphatic hydroxyl groups excluding tert-OH is 1. The van der Waals surface area contributed by atoms with Crippen molar-refractivity contribution in [3.63, 3.8) is 0 Å². The van der Waals surface area contributed by atoms with E-state index >= 15 is 0 Å². The number of rotatable bonds is 13. The Kier molecular flexibility index (Phi) is 11.8. The number of fused-ring (bicyclic) bond motifs is 4. The van der Waals surface area contributed by atoms with Crippen LogP contribution < -0.4 is 10.1 Å². The smallest absolute Gasteiger partial charge is 0.329 e. The Hall–Kier alpha value is -4.75. The Bertz CT molecular complexity index is 1820. The molecule has 0 saturated carbocycles. The predicted octanol–water partition coefficient (Wildman–Crippen LogP) is 3.83. The van der Waals surface area contributed by atoms with Crippen molar-refractivity contribution >= 4 is 29.4 Å². The number of nitrogens with one attached hydrogen (secondary N) is 1. The molecule has 1 amide bonds. The molecule has 0 aromatic heterocycles. The average Bonchev–Trinajstić information content (AvgIpc) is 3.73. The lowest BCUT2D eigenvalue weighted by Gasteiger charge is -2.34. The van der Waals surface area contributed by atoms with E-state index in [9.17, 15) is 29.1 Å². The Morgan fingerprint density at radius 1 is 1.02 bits per heavy atom. The third-order valence-corrected chi connectivity index (χ3v) is 11.3. The van der Waals surface area contributed by atoms with Crippen molar-refractivity contribution in [2.24, 2.45) is 11.8 Å². The molecular formula is C41H51N3O10. The highest BCUT2D eigenvalue weighted by Crippen LogP contribution is 2.42. The molecule has 3 aliphatic heterocycles. The summed E-state index contributed by atoms with van der Waals surface area (Å²) in [6.45, 7) is 10.0. The third-order valence-electron chi connectivity index (χ3n) is 11.3. The Balaban J connectivity index is 1.10. The van der Waals surface area contributed by atoms with Gasteiger partial charge in [0.05, 0.1) is 7.11 Å². The molecule has 13 nitrogen and oxygen atoms in total. The Morgan fingerprint density at radius 2 is 1.80 bits per heavy atom. The first-order valence-corrected chi connectivity index (χ1v) is 18.8. The second-order valence-corrected chi connectivity index (χ2v) is 15.3. The second kappa shape index (κ2) is 16.3. The summed E-state index contributed by atoms with van der Waals surface area (Å²) in [7, 11) is 3.30. The number of likely N-dealkylation sites (N-methyl/N-ethyl adjacent to an activating group) is 1. The molecule has 0 bridgehead atoms. The molecular weight excluding hydrogens is 694 g/mol. The molecule has 2 aromatic carbocycles. The standard InChI is InChI=1S/C41H51N3O10/c1-22(2)37(42-24(4)51-6)39(48)44-23(3)7-11-32(44)41(50)54-35-12-9-26-17-31-29-10-8-27(16-28(29)20-52-36(31)18-30(26)38(35)47)34(46)21-53-40(49)33-15-25(13-14-45)19-43(33)5/h8,10,16-18,22-23,25,32-33,35,37,42,45H,4,7,9,11-15,19-21H2,1-3,5-6H3/t23-,25-,32-,33-,35?,37-/m0/s1. The van der Waals surface area contributed by atoms with Crippen molar-refractivity contribution in [2.45, 2.75) is 96.2 Å². The number of esters is 2. The number of nitrogens with zero attached hydrogens (tertiary/aromatic N) is 2. The number of amides is 1. The first kappa shape index (κ1) is 39.0. The quantitative estimate of drug-likeness (QED) is 0.174. The molecule has 2 fully saturated rings. The molecule has 2 saturated heterocycles. The van der Waals surface area contributed by atoms with E-state index in [0.717, 1.165) is 22.3 Å². The molecule has 6 rings (SSSR count). The van der Waals surface area contributed by atoms with Crippen LogP contribution in [0.3, 0.4) is 0 Å². The van der Waals surface area contributed by atoms with E-state index in [1.54, 1.807) is 23.1 Å². The van der Waals surface area contributed by atoms with Crippen molar-refractivity contribution in [2.75, 3.05) is 33.9 Å². The molecule has 2 aromatic rings. The van der Waals surface area contributed by atoms with Crippen LogP contribution in [0.1, 0.15) is 84.7 Å². The van der Waals surface area contributed by atoms with Gasteiger partial charge in [-0.25, -0.2) is 4.79 Å². The number of aliphatic hydroxyl groups is 1. The molecule has 6 atom stereocenters. The minimum absolute atomic E-state index is 0.0689. The minimum atomic E-state index is -0.988. The fourth-order valence-electron chi connectivity index (χ4n) is 8.20. The predicted molar refractivity (Wildman–Crippen MR) is 197 cm³/mol. The van der Waals surface area contributed by atoms with Crippen molar-refractivity contribution < 1.29 is 48.0 Å². The summed E-state index contributed by atoms with van der Waals surface area (Å²) in [5.74, 6) is -1.05. The average molecular weight is 746 g/mol. The summed E-state index contributed by atoms with van der Waals surface area (Å²) in [6.07, 6.45) is 2.07. The summed E-state index contributed by atoms with van der Waals surface area (Å²) in [4.78, 5) is 70.4. The van der Waals surface area contributed by atoms with E-state index in [-0.39, 0.29) is 61.1 Å². The lowest BCUT2D eigenvalue weighted by molar-refractivity contribution is -0.158. The van der Waals surface area contributed by atoms with Crippen molar-refractivity contribution in [1.29, 1.82) is 0 Å². The van der Waals surface area contributed by atoms with Crippen LogP contribution in [0.5, 0.6) is 5.75 Å². The molecule has 0 radical (unpaired) electrons. The highest BCUT2D eigenvalue weighted by molar-refractivity contribution is 6.04. The summed E-state index contributed by atoms with van der Waals surface area (Å²) in [6, 6.07) is 6.83. The summed E-state index contributed by atoms with van der Waals surface area (Å²) >= 11 is 0. The van der Waals surface area contributed by atoms with E-state index < -0.39 is 36.2 Å². The first-order valence-electron chi connectivity index (χ1n) is 18.8. The van der Waals surface area contributed by atoms with Gasteiger partial charge >= 0.3 is 11.9 Å². The highest BCUT2D eigenvalue weighted by Gasteiger charge is 2.44. The molecule has 1 aliphatic carbocycles. The molecule has 2 N–H and O–H groups in total. The number of carbonyl (C=O) groups excluding carboxylic acids is 5. The maximum absolute atomic E-state index is 13.8. The second-order valence-electron chi connectivity index (χ2n) is 15.3. The van der Waals surface area contributed by atoms with E-state index in [0.29, 0.717) is 61.9 Å². The molecule has 4 aliphatic rings. The molecule has 13 heteroatoms. The van der Waals surface area contributed by atoms with E-state index in [2.05, 4.69) is 11.9 Å². The van der Waals surface area contributed by atoms with Gasteiger partial charge in [-0.2, -0.15) is 0 Å². The van der Waals surface area contributed by atoms with Crippen LogP contribution in [0.4, 0.5) is 0 Å². The maximum Gasteiger partial charge on any atom is 0.329 e. The minimum Gasteiger partial charge on any atom is -0.488 e. The molecule has 1 unspecified atom stereocenters. The van der Waals surface area contributed by atoms with Crippen LogP contribution in [0.15, 0.2) is 42.8 Å². The zero-order valence-electron chi connectivity index (χ0n) is 31.7. The zero-order valence-corrected chi connectivity index (χ0v) is 31.7. The lowest BCUT2D eigenvalue weighted by Crippen LogP contribution is -2.54. The van der Waals surface area contributed by atoms with Crippen molar-refractivity contribution in [3.05, 3.63) is 65.0 Å². The van der Waals surface area contributed by atoms with Gasteiger partial charge in [-0.3, -0.25) is 24.1 Å². The number of methoxy groups -OCH3 is 1. The van der Waals surface area contributed by atoms with Crippen LogP contribution in [-0.2, 0) is 41.6 Å². The van der Waals surface area contributed by atoms with Gasteiger partial charge in [0.2, 0.25) is 11.7 Å². The normalized spacial score (nSPS) is 23.8. The number of benzene rings is 2. The fraction of sp³-hybridized carbons (Fsp3) is 0.537. The van der Waals surface area contributed by atoms with Gasteiger partial charge in [0.25, 0.3) is 0 Å². The van der Waals surface area contributed by atoms with Crippen molar-refractivity contribution in [1.82, 2.24) is 15.1 Å². The summed E-state index contributed by atoms with van der Waals surface area (Å²) < 4.78 is 22.5. The fourth-order valence-corrected chi connectivity index (χ4v) is 8.20. The van der Waals surface area contributed by atoms with Crippen LogP contribution in [0, 0.1) is 11.8 Å². The molecule has 0 spiro atoms. The summed E-state index contributed by atoms with van der Waals surface area (Å²) in [5.41, 5.74) is 4.10. The number of ketones is 2. The number of likely N-dealkylation sites (tertiary alicyclic amines) is 2.